The molecule has 2 unspecified atom stereocenters. The lowest BCUT2D eigenvalue weighted by molar-refractivity contribution is -0.119. The maximum Gasteiger partial charge on any atom is 0.229 e. The molecule has 1 aliphatic heterocycles. The Hall–Kier alpha value is -1.39. The molecule has 1 aliphatic rings. The average Bonchev–Trinajstić information content (AvgIpc) is 2.77. The molecule has 0 aromatic heterocycles. The molecule has 1 saturated heterocycles. The maximum absolute atomic E-state index is 12.1. The lowest BCUT2D eigenvalue weighted by Gasteiger charge is -2.15. The van der Waals surface area contributed by atoms with Gasteiger partial charge in [0.05, 0.1) is 5.92 Å². The number of carbonyl (C=O) groups excluding carboxylic acids is 1. The van der Waals surface area contributed by atoms with Gasteiger partial charge in [0.1, 0.15) is 0 Å². The van der Waals surface area contributed by atoms with E-state index in [2.05, 4.69) is 34.6 Å². The molecular formula is C15H23N3O. The fourth-order valence-electron chi connectivity index (χ4n) is 2.51. The SMILES string of the molecule is CC1NCCC1C(=O)Nc1ccc(CN(C)C)cc1. The summed E-state index contributed by atoms with van der Waals surface area (Å²) in [5.74, 6) is 0.208. The Morgan fingerprint density at radius 2 is 2.05 bits per heavy atom. The van der Waals surface area contributed by atoms with E-state index in [1.807, 2.05) is 26.2 Å². The molecule has 2 rings (SSSR count). The minimum absolute atomic E-state index is 0.0847. The normalized spacial score (nSPS) is 22.7. The minimum atomic E-state index is 0.0847. The first-order valence-corrected chi connectivity index (χ1v) is 6.84. The topological polar surface area (TPSA) is 44.4 Å². The smallest absolute Gasteiger partial charge is 0.229 e. The van der Waals surface area contributed by atoms with Crippen molar-refractivity contribution in [1.29, 1.82) is 0 Å². The zero-order valence-corrected chi connectivity index (χ0v) is 11.9. The summed E-state index contributed by atoms with van der Waals surface area (Å²) < 4.78 is 0. The van der Waals surface area contributed by atoms with Crippen LogP contribution in [0.3, 0.4) is 0 Å². The van der Waals surface area contributed by atoms with E-state index in [0.29, 0.717) is 0 Å². The summed E-state index contributed by atoms with van der Waals surface area (Å²) in [6, 6.07) is 8.35. The van der Waals surface area contributed by atoms with E-state index >= 15 is 0 Å². The second-order valence-corrected chi connectivity index (χ2v) is 5.56. The van der Waals surface area contributed by atoms with Crippen LogP contribution in [0.25, 0.3) is 0 Å². The number of amides is 1. The molecule has 0 saturated carbocycles. The van der Waals surface area contributed by atoms with Gasteiger partial charge in [-0.3, -0.25) is 4.79 Å². The highest BCUT2D eigenvalue weighted by atomic mass is 16.1. The second-order valence-electron chi connectivity index (χ2n) is 5.56. The number of nitrogens with zero attached hydrogens (tertiary/aromatic N) is 1. The Labute approximate surface area is 115 Å². The van der Waals surface area contributed by atoms with Gasteiger partial charge in [-0.25, -0.2) is 0 Å². The monoisotopic (exact) mass is 261 g/mol. The van der Waals surface area contributed by atoms with Crippen LogP contribution < -0.4 is 10.6 Å². The van der Waals surface area contributed by atoms with Crippen molar-refractivity contribution in [1.82, 2.24) is 10.2 Å². The van der Waals surface area contributed by atoms with Crippen LogP contribution in [0.5, 0.6) is 0 Å². The number of hydrogen-bond donors (Lipinski definition) is 2. The van der Waals surface area contributed by atoms with Crippen LogP contribution in [0, 0.1) is 5.92 Å². The Bertz CT molecular complexity index is 428. The predicted octanol–water partition coefficient (Wildman–Crippen LogP) is 1.68. The zero-order valence-electron chi connectivity index (χ0n) is 11.9. The van der Waals surface area contributed by atoms with Crippen LogP contribution in [-0.2, 0) is 11.3 Å². The summed E-state index contributed by atoms with van der Waals surface area (Å²) in [7, 11) is 4.09. The van der Waals surface area contributed by atoms with Crippen molar-refractivity contribution in [3.8, 4) is 0 Å². The van der Waals surface area contributed by atoms with Crippen LogP contribution >= 0.6 is 0 Å². The van der Waals surface area contributed by atoms with Gasteiger partial charge >= 0.3 is 0 Å². The van der Waals surface area contributed by atoms with Gasteiger partial charge in [-0.15, -0.1) is 0 Å². The zero-order chi connectivity index (χ0) is 13.8. The molecule has 4 nitrogen and oxygen atoms in total. The van der Waals surface area contributed by atoms with E-state index < -0.39 is 0 Å². The summed E-state index contributed by atoms with van der Waals surface area (Å²) in [5, 5.41) is 6.30. The molecule has 2 atom stereocenters. The fraction of sp³-hybridized carbons (Fsp3) is 0.533. The Kier molecular flexibility index (Phi) is 4.56. The third-order valence-electron chi connectivity index (χ3n) is 3.58. The first-order chi connectivity index (χ1) is 9.06. The number of carbonyl (C=O) groups is 1. The van der Waals surface area contributed by atoms with Crippen LogP contribution in [0.1, 0.15) is 18.9 Å². The van der Waals surface area contributed by atoms with Crippen molar-refractivity contribution >= 4 is 11.6 Å². The van der Waals surface area contributed by atoms with Gasteiger partial charge in [0, 0.05) is 18.3 Å². The van der Waals surface area contributed by atoms with Crippen molar-refractivity contribution in [2.45, 2.75) is 25.9 Å². The summed E-state index contributed by atoms with van der Waals surface area (Å²) in [6.45, 7) is 3.91. The molecule has 0 spiro atoms. The number of hydrogen-bond acceptors (Lipinski definition) is 3. The average molecular weight is 261 g/mol. The van der Waals surface area contributed by atoms with Gasteiger partial charge in [0.2, 0.25) is 5.91 Å². The van der Waals surface area contributed by atoms with Crippen LogP contribution in [0.4, 0.5) is 5.69 Å². The lowest BCUT2D eigenvalue weighted by atomic mass is 10.0. The second kappa shape index (κ2) is 6.17. The highest BCUT2D eigenvalue weighted by Crippen LogP contribution is 2.18. The lowest BCUT2D eigenvalue weighted by Crippen LogP contribution is -2.32. The Morgan fingerprint density at radius 1 is 1.37 bits per heavy atom. The van der Waals surface area contributed by atoms with Crippen LogP contribution in [0.2, 0.25) is 0 Å². The molecule has 0 bridgehead atoms. The van der Waals surface area contributed by atoms with Gasteiger partial charge in [0.15, 0.2) is 0 Å². The molecule has 0 aliphatic carbocycles. The number of rotatable bonds is 4. The van der Waals surface area contributed by atoms with E-state index in [1.165, 1.54) is 5.56 Å². The highest BCUT2D eigenvalue weighted by Gasteiger charge is 2.29. The summed E-state index contributed by atoms with van der Waals surface area (Å²) in [5.41, 5.74) is 2.13. The minimum Gasteiger partial charge on any atom is -0.326 e. The third kappa shape index (κ3) is 3.78. The van der Waals surface area contributed by atoms with Crippen LogP contribution in [-0.4, -0.2) is 37.5 Å². The standard InChI is InChI=1S/C15H23N3O/c1-11-14(8-9-16-11)15(19)17-13-6-4-12(5-7-13)10-18(2)3/h4-7,11,14,16H,8-10H2,1-3H3,(H,17,19). The van der Waals surface area contributed by atoms with Crippen LogP contribution in [0.15, 0.2) is 24.3 Å². The molecule has 19 heavy (non-hydrogen) atoms. The molecule has 4 heteroatoms. The first-order valence-electron chi connectivity index (χ1n) is 6.84. The molecule has 0 radical (unpaired) electrons. The number of anilines is 1. The number of nitrogens with one attached hydrogen (secondary N) is 2. The predicted molar refractivity (Wildman–Crippen MR) is 78.0 cm³/mol. The largest absolute Gasteiger partial charge is 0.326 e. The molecular weight excluding hydrogens is 238 g/mol. The van der Waals surface area contributed by atoms with Gasteiger partial charge in [0.25, 0.3) is 0 Å². The Balaban J connectivity index is 1.93. The third-order valence-corrected chi connectivity index (χ3v) is 3.58. The summed E-state index contributed by atoms with van der Waals surface area (Å²) in [6.07, 6.45) is 0.922. The van der Waals surface area contributed by atoms with Crippen molar-refractivity contribution in [2.24, 2.45) is 5.92 Å². The van der Waals surface area contributed by atoms with Crippen molar-refractivity contribution in [3.63, 3.8) is 0 Å². The molecule has 2 N–H and O–H groups in total. The van der Waals surface area contributed by atoms with E-state index in [-0.39, 0.29) is 17.9 Å². The maximum atomic E-state index is 12.1. The van der Waals surface area contributed by atoms with E-state index in [4.69, 9.17) is 0 Å². The molecule has 1 aromatic carbocycles. The van der Waals surface area contributed by atoms with Crippen molar-refractivity contribution in [2.75, 3.05) is 26.0 Å². The van der Waals surface area contributed by atoms with Gasteiger partial charge in [-0.2, -0.15) is 0 Å². The number of benzene rings is 1. The highest BCUT2D eigenvalue weighted by molar-refractivity contribution is 5.93. The first kappa shape index (κ1) is 14.0. The van der Waals surface area contributed by atoms with Gasteiger partial charge in [-0.1, -0.05) is 12.1 Å². The molecule has 1 fully saturated rings. The summed E-state index contributed by atoms with van der Waals surface area (Å²) >= 11 is 0. The van der Waals surface area contributed by atoms with Crippen molar-refractivity contribution in [3.05, 3.63) is 29.8 Å². The summed E-state index contributed by atoms with van der Waals surface area (Å²) in [4.78, 5) is 14.3. The molecule has 1 amide bonds. The molecule has 1 aromatic rings. The van der Waals surface area contributed by atoms with E-state index in [0.717, 1.165) is 25.2 Å². The van der Waals surface area contributed by atoms with E-state index in [9.17, 15) is 4.79 Å². The van der Waals surface area contributed by atoms with Gasteiger partial charge < -0.3 is 15.5 Å². The molecule has 104 valence electrons. The molecule has 1 heterocycles. The van der Waals surface area contributed by atoms with Crippen molar-refractivity contribution < 1.29 is 4.79 Å². The van der Waals surface area contributed by atoms with E-state index in [1.54, 1.807) is 0 Å². The Morgan fingerprint density at radius 3 is 2.58 bits per heavy atom. The van der Waals surface area contributed by atoms with Gasteiger partial charge in [-0.05, 0) is 51.7 Å². The fourth-order valence-corrected chi connectivity index (χ4v) is 2.51. The quantitative estimate of drug-likeness (QED) is 0.867.